The third-order valence-electron chi connectivity index (χ3n) is 1.97. The van der Waals surface area contributed by atoms with E-state index in [1.807, 2.05) is 13.8 Å². The van der Waals surface area contributed by atoms with E-state index in [1.54, 1.807) is 4.68 Å². The second kappa shape index (κ2) is 4.02. The molecule has 6 heteroatoms. The number of aromatic nitrogens is 2. The Kier molecular flexibility index (Phi) is 3.36. The summed E-state index contributed by atoms with van der Waals surface area (Å²) in [5, 5.41) is 4.22. The van der Waals surface area contributed by atoms with E-state index in [-0.39, 0.29) is 5.75 Å². The first-order valence-electron chi connectivity index (χ1n) is 4.18. The number of rotatable bonds is 3. The van der Waals surface area contributed by atoms with Crippen LogP contribution in [0.3, 0.4) is 0 Å². The normalized spacial score (nSPS) is 12.0. The summed E-state index contributed by atoms with van der Waals surface area (Å²) < 4.78 is 24.6. The SMILES string of the molecule is Cc1nn(CCS(C)(=O)=O)c(C)c1Br. The summed E-state index contributed by atoms with van der Waals surface area (Å²) in [7, 11) is -2.92. The van der Waals surface area contributed by atoms with Gasteiger partial charge in [0.15, 0.2) is 0 Å². The maximum Gasteiger partial charge on any atom is 0.149 e. The second-order valence-corrected chi connectivity index (χ2v) is 6.39. The molecule has 0 radical (unpaired) electrons. The molecule has 14 heavy (non-hydrogen) atoms. The monoisotopic (exact) mass is 280 g/mol. The fourth-order valence-corrected chi connectivity index (χ4v) is 1.93. The third kappa shape index (κ3) is 2.81. The van der Waals surface area contributed by atoms with Crippen LogP contribution in [-0.4, -0.2) is 30.2 Å². The molecule has 1 aromatic heterocycles. The van der Waals surface area contributed by atoms with Gasteiger partial charge in [-0.1, -0.05) is 0 Å². The molecule has 0 aromatic carbocycles. The van der Waals surface area contributed by atoms with Crippen LogP contribution >= 0.6 is 15.9 Å². The van der Waals surface area contributed by atoms with Gasteiger partial charge >= 0.3 is 0 Å². The molecular weight excluding hydrogens is 268 g/mol. The van der Waals surface area contributed by atoms with Crippen LogP contribution in [0.25, 0.3) is 0 Å². The van der Waals surface area contributed by atoms with Crippen molar-refractivity contribution in [3.05, 3.63) is 15.9 Å². The molecule has 0 aliphatic heterocycles. The van der Waals surface area contributed by atoms with Crippen LogP contribution in [-0.2, 0) is 16.4 Å². The third-order valence-corrected chi connectivity index (χ3v) is 4.04. The molecule has 0 saturated heterocycles. The highest BCUT2D eigenvalue weighted by Gasteiger charge is 2.10. The van der Waals surface area contributed by atoms with Crippen molar-refractivity contribution >= 4 is 25.8 Å². The van der Waals surface area contributed by atoms with Gasteiger partial charge in [0.2, 0.25) is 0 Å². The minimum atomic E-state index is -2.92. The van der Waals surface area contributed by atoms with E-state index in [4.69, 9.17) is 0 Å². The summed E-state index contributed by atoms with van der Waals surface area (Å²) in [6.45, 7) is 4.21. The van der Waals surface area contributed by atoms with Gasteiger partial charge in [0.1, 0.15) is 9.84 Å². The Morgan fingerprint density at radius 3 is 2.36 bits per heavy atom. The number of halogens is 1. The van der Waals surface area contributed by atoms with E-state index in [0.29, 0.717) is 6.54 Å². The number of nitrogens with zero attached hydrogens (tertiary/aromatic N) is 2. The molecule has 0 spiro atoms. The predicted molar refractivity (Wildman–Crippen MR) is 59.1 cm³/mol. The fourth-order valence-electron chi connectivity index (χ4n) is 1.15. The lowest BCUT2D eigenvalue weighted by Crippen LogP contribution is -2.13. The molecule has 4 nitrogen and oxygen atoms in total. The van der Waals surface area contributed by atoms with Gasteiger partial charge in [0.05, 0.1) is 22.5 Å². The van der Waals surface area contributed by atoms with Crippen molar-refractivity contribution in [3.8, 4) is 0 Å². The molecule has 1 rings (SSSR count). The van der Waals surface area contributed by atoms with Crippen molar-refractivity contribution in [1.82, 2.24) is 9.78 Å². The summed E-state index contributed by atoms with van der Waals surface area (Å²) in [6.07, 6.45) is 1.23. The van der Waals surface area contributed by atoms with E-state index < -0.39 is 9.84 Å². The first-order valence-corrected chi connectivity index (χ1v) is 7.04. The number of sulfone groups is 1. The standard InChI is InChI=1S/C8H13BrN2O2S/c1-6-8(9)7(2)11(10-6)4-5-14(3,12)13/h4-5H2,1-3H3. The Balaban J connectivity index is 2.83. The van der Waals surface area contributed by atoms with Crippen molar-refractivity contribution in [2.45, 2.75) is 20.4 Å². The van der Waals surface area contributed by atoms with Gasteiger partial charge in [-0.05, 0) is 29.8 Å². The Hall–Kier alpha value is -0.360. The van der Waals surface area contributed by atoms with Crippen molar-refractivity contribution in [3.63, 3.8) is 0 Å². The number of hydrogen-bond donors (Lipinski definition) is 0. The van der Waals surface area contributed by atoms with Crippen LogP contribution in [0, 0.1) is 13.8 Å². The van der Waals surface area contributed by atoms with E-state index >= 15 is 0 Å². The van der Waals surface area contributed by atoms with Crippen LogP contribution in [0.1, 0.15) is 11.4 Å². The van der Waals surface area contributed by atoms with Gasteiger partial charge in [0, 0.05) is 11.9 Å². The van der Waals surface area contributed by atoms with Crippen LogP contribution < -0.4 is 0 Å². The summed E-state index contributed by atoms with van der Waals surface area (Å²) in [6, 6.07) is 0. The lowest BCUT2D eigenvalue weighted by atomic mass is 10.4. The molecule has 0 amide bonds. The molecular formula is C8H13BrN2O2S. The number of hydrogen-bond acceptors (Lipinski definition) is 3. The predicted octanol–water partition coefficient (Wildman–Crippen LogP) is 1.31. The van der Waals surface area contributed by atoms with E-state index in [2.05, 4.69) is 21.0 Å². The zero-order valence-corrected chi connectivity index (χ0v) is 10.8. The van der Waals surface area contributed by atoms with Gasteiger partial charge in [0.25, 0.3) is 0 Å². The zero-order chi connectivity index (χ0) is 10.9. The van der Waals surface area contributed by atoms with Crippen molar-refractivity contribution in [2.75, 3.05) is 12.0 Å². The van der Waals surface area contributed by atoms with Gasteiger partial charge in [-0.3, -0.25) is 4.68 Å². The fraction of sp³-hybridized carbons (Fsp3) is 0.625. The molecule has 0 aliphatic rings. The second-order valence-electron chi connectivity index (χ2n) is 3.34. The largest absolute Gasteiger partial charge is 0.267 e. The highest BCUT2D eigenvalue weighted by atomic mass is 79.9. The minimum Gasteiger partial charge on any atom is -0.267 e. The molecule has 1 aromatic rings. The zero-order valence-electron chi connectivity index (χ0n) is 8.41. The quantitative estimate of drug-likeness (QED) is 0.839. The molecule has 0 atom stereocenters. The Morgan fingerprint density at radius 2 is 2.00 bits per heavy atom. The molecule has 80 valence electrons. The molecule has 0 saturated carbocycles. The molecule has 0 fully saturated rings. The highest BCUT2D eigenvalue weighted by Crippen LogP contribution is 2.19. The maximum atomic E-state index is 11.0. The molecule has 0 N–H and O–H groups in total. The summed E-state index contributed by atoms with van der Waals surface area (Å²) in [5.74, 6) is 0.126. The first kappa shape index (κ1) is 11.7. The van der Waals surface area contributed by atoms with Crippen LogP contribution in [0.15, 0.2) is 4.47 Å². The Bertz CT molecular complexity index is 436. The lowest BCUT2D eigenvalue weighted by Gasteiger charge is -2.02. The lowest BCUT2D eigenvalue weighted by molar-refractivity contribution is 0.581. The smallest absolute Gasteiger partial charge is 0.149 e. The summed E-state index contributed by atoms with van der Waals surface area (Å²) >= 11 is 3.39. The molecule has 0 unspecified atom stereocenters. The molecule has 0 bridgehead atoms. The van der Waals surface area contributed by atoms with E-state index in [9.17, 15) is 8.42 Å². The van der Waals surface area contributed by atoms with E-state index in [0.717, 1.165) is 15.9 Å². The van der Waals surface area contributed by atoms with Crippen molar-refractivity contribution in [1.29, 1.82) is 0 Å². The topological polar surface area (TPSA) is 52.0 Å². The van der Waals surface area contributed by atoms with E-state index in [1.165, 1.54) is 6.26 Å². The Morgan fingerprint density at radius 1 is 1.43 bits per heavy atom. The van der Waals surface area contributed by atoms with Crippen molar-refractivity contribution < 1.29 is 8.42 Å². The number of aryl methyl sites for hydroxylation is 2. The first-order chi connectivity index (χ1) is 6.31. The van der Waals surface area contributed by atoms with Crippen LogP contribution in [0.2, 0.25) is 0 Å². The van der Waals surface area contributed by atoms with Crippen molar-refractivity contribution in [2.24, 2.45) is 0 Å². The van der Waals surface area contributed by atoms with Gasteiger partial charge in [-0.25, -0.2) is 8.42 Å². The average Bonchev–Trinajstić information content (AvgIpc) is 2.28. The average molecular weight is 281 g/mol. The van der Waals surface area contributed by atoms with Crippen LogP contribution in [0.4, 0.5) is 0 Å². The van der Waals surface area contributed by atoms with Gasteiger partial charge < -0.3 is 0 Å². The van der Waals surface area contributed by atoms with Gasteiger partial charge in [-0.15, -0.1) is 0 Å². The highest BCUT2D eigenvalue weighted by molar-refractivity contribution is 9.10. The van der Waals surface area contributed by atoms with Gasteiger partial charge in [-0.2, -0.15) is 5.10 Å². The van der Waals surface area contributed by atoms with Crippen LogP contribution in [0.5, 0.6) is 0 Å². The Labute approximate surface area is 92.4 Å². The minimum absolute atomic E-state index is 0.126. The summed E-state index contributed by atoms with van der Waals surface area (Å²) in [4.78, 5) is 0. The summed E-state index contributed by atoms with van der Waals surface area (Å²) in [5.41, 5.74) is 1.85. The molecule has 0 aliphatic carbocycles. The molecule has 1 heterocycles. The maximum absolute atomic E-state index is 11.0.